The number of aromatic nitrogens is 5. The van der Waals surface area contributed by atoms with Crippen LogP contribution in [-0.2, 0) is 13.1 Å². The number of rotatable bonds is 5. The molecule has 148 valence electrons. The first kappa shape index (κ1) is 18.4. The lowest BCUT2D eigenvalue weighted by Crippen LogP contribution is -3.12. The number of anilines is 1. The van der Waals surface area contributed by atoms with Crippen molar-refractivity contribution in [3.8, 4) is 5.82 Å². The van der Waals surface area contributed by atoms with Crippen molar-refractivity contribution in [2.24, 2.45) is 11.8 Å². The van der Waals surface area contributed by atoms with Gasteiger partial charge in [0.2, 0.25) is 11.6 Å². The summed E-state index contributed by atoms with van der Waals surface area (Å²) < 4.78 is 6.55. The standard InChI is InChI=1S/C18H30N8O/c1-13-3-7-24(8-4-13)11-15-16(12-25-9-5-14(2)6-10-25)26(23-20-15)18-17(19)21-27-22-18/h13-14H,3-12H2,1-2H3,(H2,19,21)/p+2. The van der Waals surface area contributed by atoms with Gasteiger partial charge >= 0.3 is 0 Å². The van der Waals surface area contributed by atoms with Crippen LogP contribution in [0.3, 0.4) is 0 Å². The van der Waals surface area contributed by atoms with Crippen LogP contribution in [0.1, 0.15) is 50.9 Å². The van der Waals surface area contributed by atoms with E-state index in [2.05, 4.69) is 34.5 Å². The van der Waals surface area contributed by atoms with Crippen molar-refractivity contribution in [1.82, 2.24) is 25.3 Å². The molecular formula is C18H32N8O+2. The molecule has 0 aromatic carbocycles. The topological polar surface area (TPSA) is 105 Å². The van der Waals surface area contributed by atoms with Gasteiger partial charge in [-0.2, -0.15) is 4.68 Å². The van der Waals surface area contributed by atoms with E-state index in [1.165, 1.54) is 51.9 Å². The van der Waals surface area contributed by atoms with Crippen LogP contribution in [-0.4, -0.2) is 51.5 Å². The molecule has 9 nitrogen and oxygen atoms in total. The van der Waals surface area contributed by atoms with Crippen molar-refractivity contribution in [1.29, 1.82) is 0 Å². The zero-order chi connectivity index (χ0) is 18.8. The number of quaternary nitrogens is 2. The largest absolute Gasteiger partial charge is 0.378 e. The summed E-state index contributed by atoms with van der Waals surface area (Å²) in [5, 5.41) is 16.6. The molecule has 9 heteroatoms. The molecule has 27 heavy (non-hydrogen) atoms. The minimum atomic E-state index is 0.258. The Bertz CT molecular complexity index is 740. The van der Waals surface area contributed by atoms with Crippen LogP contribution in [0.5, 0.6) is 0 Å². The Morgan fingerprint density at radius 1 is 0.963 bits per heavy atom. The molecule has 0 unspecified atom stereocenters. The summed E-state index contributed by atoms with van der Waals surface area (Å²) in [6.07, 6.45) is 5.12. The van der Waals surface area contributed by atoms with Gasteiger partial charge in [-0.15, -0.1) is 5.10 Å². The third kappa shape index (κ3) is 4.14. The van der Waals surface area contributed by atoms with E-state index in [0.717, 1.165) is 36.3 Å². The van der Waals surface area contributed by atoms with Gasteiger partial charge in [0.05, 0.1) is 26.2 Å². The number of likely N-dealkylation sites (tertiary alicyclic amines) is 2. The van der Waals surface area contributed by atoms with E-state index in [9.17, 15) is 0 Å². The van der Waals surface area contributed by atoms with Gasteiger partial charge in [0.15, 0.2) is 0 Å². The number of piperidine rings is 2. The highest BCUT2D eigenvalue weighted by Gasteiger charge is 2.28. The minimum absolute atomic E-state index is 0.258. The lowest BCUT2D eigenvalue weighted by atomic mass is 9.98. The molecular weight excluding hydrogens is 344 g/mol. The van der Waals surface area contributed by atoms with Crippen LogP contribution in [0.4, 0.5) is 5.82 Å². The van der Waals surface area contributed by atoms with Gasteiger partial charge in [0.25, 0.3) is 0 Å². The zero-order valence-electron chi connectivity index (χ0n) is 16.4. The Labute approximate surface area is 159 Å². The molecule has 0 aliphatic carbocycles. The fraction of sp³-hybridized carbons (Fsp3) is 0.778. The van der Waals surface area contributed by atoms with Crippen molar-refractivity contribution in [2.75, 3.05) is 31.9 Å². The van der Waals surface area contributed by atoms with Crippen LogP contribution >= 0.6 is 0 Å². The number of nitrogens with two attached hydrogens (primary N) is 1. The Hall–Kier alpha value is -2.00. The van der Waals surface area contributed by atoms with Crippen molar-refractivity contribution < 1.29 is 14.4 Å². The SMILES string of the molecule is CC1CC[NH+](Cc2nnn(-c3nonc3N)c2C[NH+]2CCC(C)CC2)CC1. The monoisotopic (exact) mass is 376 g/mol. The maximum atomic E-state index is 5.93. The van der Waals surface area contributed by atoms with E-state index in [1.54, 1.807) is 14.5 Å². The van der Waals surface area contributed by atoms with Crippen LogP contribution < -0.4 is 15.5 Å². The molecule has 0 spiro atoms. The molecule has 2 aliphatic rings. The smallest absolute Gasteiger partial charge is 0.243 e. The maximum Gasteiger partial charge on any atom is 0.243 e. The first-order chi connectivity index (χ1) is 13.1. The quantitative estimate of drug-likeness (QED) is 0.610. The van der Waals surface area contributed by atoms with Crippen molar-refractivity contribution in [3.05, 3.63) is 11.4 Å². The van der Waals surface area contributed by atoms with Crippen LogP contribution in [0.15, 0.2) is 4.63 Å². The number of hydrogen-bond donors (Lipinski definition) is 3. The second-order valence-corrected chi connectivity index (χ2v) is 8.59. The average Bonchev–Trinajstić information content (AvgIpc) is 3.25. The van der Waals surface area contributed by atoms with E-state index in [0.29, 0.717) is 5.82 Å². The molecule has 0 radical (unpaired) electrons. The van der Waals surface area contributed by atoms with E-state index < -0.39 is 0 Å². The summed E-state index contributed by atoms with van der Waals surface area (Å²) in [6.45, 7) is 11.3. The molecule has 4 N–H and O–H groups in total. The summed E-state index contributed by atoms with van der Waals surface area (Å²) in [7, 11) is 0. The third-order valence-electron chi connectivity index (χ3n) is 6.34. The summed E-state index contributed by atoms with van der Waals surface area (Å²) >= 11 is 0. The lowest BCUT2D eigenvalue weighted by Gasteiger charge is -2.28. The van der Waals surface area contributed by atoms with E-state index in [1.807, 2.05) is 0 Å². The molecule has 0 saturated carbocycles. The number of nitrogen functional groups attached to an aromatic ring is 1. The van der Waals surface area contributed by atoms with Crippen LogP contribution in [0.2, 0.25) is 0 Å². The van der Waals surface area contributed by atoms with Crippen molar-refractivity contribution >= 4 is 5.82 Å². The second kappa shape index (κ2) is 7.93. The van der Waals surface area contributed by atoms with E-state index in [-0.39, 0.29) is 5.82 Å². The molecule has 4 heterocycles. The minimum Gasteiger partial charge on any atom is -0.378 e. The van der Waals surface area contributed by atoms with Crippen LogP contribution in [0, 0.1) is 11.8 Å². The lowest BCUT2D eigenvalue weighted by molar-refractivity contribution is -0.923. The highest BCUT2D eigenvalue weighted by Crippen LogP contribution is 2.16. The normalized spacial score (nSPS) is 29.1. The highest BCUT2D eigenvalue weighted by molar-refractivity contribution is 5.44. The molecule has 0 atom stereocenters. The molecule has 4 rings (SSSR count). The Morgan fingerprint density at radius 3 is 2.11 bits per heavy atom. The first-order valence-corrected chi connectivity index (χ1v) is 10.3. The number of hydrogen-bond acceptors (Lipinski definition) is 6. The van der Waals surface area contributed by atoms with Gasteiger partial charge in [-0.3, -0.25) is 0 Å². The molecule has 0 amide bonds. The van der Waals surface area contributed by atoms with Gasteiger partial charge in [0.1, 0.15) is 24.5 Å². The molecule has 2 aliphatic heterocycles. The van der Waals surface area contributed by atoms with Gasteiger partial charge in [-0.25, -0.2) is 4.63 Å². The highest BCUT2D eigenvalue weighted by atomic mass is 16.6. The Kier molecular flexibility index (Phi) is 5.40. The molecule has 2 aromatic heterocycles. The summed E-state index contributed by atoms with van der Waals surface area (Å²) in [5.74, 6) is 2.38. The van der Waals surface area contributed by atoms with Gasteiger partial charge < -0.3 is 15.5 Å². The number of nitrogens with one attached hydrogen (secondary N) is 2. The summed E-state index contributed by atoms with van der Waals surface area (Å²) in [6, 6.07) is 0. The fourth-order valence-electron chi connectivity index (χ4n) is 4.32. The number of nitrogens with zero attached hydrogens (tertiary/aromatic N) is 5. The third-order valence-corrected chi connectivity index (χ3v) is 6.34. The average molecular weight is 377 g/mol. The van der Waals surface area contributed by atoms with E-state index in [4.69, 9.17) is 10.4 Å². The van der Waals surface area contributed by atoms with Gasteiger partial charge in [0, 0.05) is 0 Å². The summed E-state index contributed by atoms with van der Waals surface area (Å²) in [5.41, 5.74) is 8.10. The van der Waals surface area contributed by atoms with Gasteiger partial charge in [-0.1, -0.05) is 19.1 Å². The molecule has 2 fully saturated rings. The van der Waals surface area contributed by atoms with E-state index >= 15 is 0 Å². The molecule has 2 aromatic rings. The first-order valence-electron chi connectivity index (χ1n) is 10.3. The van der Waals surface area contributed by atoms with Gasteiger partial charge in [-0.05, 0) is 47.8 Å². The maximum absolute atomic E-state index is 5.93. The Balaban J connectivity index is 1.56. The fourth-order valence-corrected chi connectivity index (χ4v) is 4.32. The molecule has 2 saturated heterocycles. The molecule has 0 bridgehead atoms. The summed E-state index contributed by atoms with van der Waals surface area (Å²) in [4.78, 5) is 3.17. The van der Waals surface area contributed by atoms with Crippen LogP contribution in [0.25, 0.3) is 5.82 Å². The zero-order valence-corrected chi connectivity index (χ0v) is 16.4. The second-order valence-electron chi connectivity index (χ2n) is 8.59. The predicted octanol–water partition coefficient (Wildman–Crippen LogP) is -1.14. The Morgan fingerprint density at radius 2 is 1.56 bits per heavy atom. The van der Waals surface area contributed by atoms with Crippen molar-refractivity contribution in [3.63, 3.8) is 0 Å². The van der Waals surface area contributed by atoms with Crippen molar-refractivity contribution in [2.45, 2.75) is 52.6 Å². The predicted molar refractivity (Wildman–Crippen MR) is 99.2 cm³/mol.